The van der Waals surface area contributed by atoms with Crippen LogP contribution in [0.25, 0.3) is 0 Å². The van der Waals surface area contributed by atoms with Gasteiger partial charge < -0.3 is 10.4 Å². The number of rotatable bonds is 3. The summed E-state index contributed by atoms with van der Waals surface area (Å²) in [6.45, 7) is 1.89. The molecule has 1 aromatic carbocycles. The van der Waals surface area contributed by atoms with Gasteiger partial charge in [-0.15, -0.1) is 0 Å². The van der Waals surface area contributed by atoms with Crippen molar-refractivity contribution in [3.8, 4) is 0 Å². The van der Waals surface area contributed by atoms with Crippen molar-refractivity contribution < 1.29 is 9.90 Å². The van der Waals surface area contributed by atoms with Gasteiger partial charge in [0, 0.05) is 10.2 Å². The Balaban J connectivity index is 2.13. The number of benzene rings is 1. The topological polar surface area (TPSA) is 49.3 Å². The quantitative estimate of drug-likeness (QED) is 0.901. The molecule has 1 saturated carbocycles. The molecule has 0 saturated heterocycles. The molecular weight excluding hydrogens is 282 g/mol. The molecule has 3 nitrogen and oxygen atoms in total. The van der Waals surface area contributed by atoms with E-state index in [1.54, 1.807) is 0 Å². The molecule has 4 heteroatoms. The molecule has 2 rings (SSSR count). The van der Waals surface area contributed by atoms with E-state index >= 15 is 0 Å². The van der Waals surface area contributed by atoms with Crippen LogP contribution in [-0.2, 0) is 4.79 Å². The monoisotopic (exact) mass is 297 g/mol. The molecule has 0 bridgehead atoms. The summed E-state index contributed by atoms with van der Waals surface area (Å²) in [6, 6.07) is 5.73. The van der Waals surface area contributed by atoms with E-state index in [-0.39, 0.29) is 12.5 Å². The van der Waals surface area contributed by atoms with Crippen molar-refractivity contribution in [1.29, 1.82) is 0 Å². The number of aryl methyl sites for hydroxylation is 1. The van der Waals surface area contributed by atoms with Crippen molar-refractivity contribution >= 4 is 27.5 Å². The molecule has 0 aromatic heterocycles. The third-order valence-electron chi connectivity index (χ3n) is 3.53. The fourth-order valence-electron chi connectivity index (χ4n) is 2.08. The number of hydrogen-bond acceptors (Lipinski definition) is 2. The smallest absolute Gasteiger partial charge is 0.232 e. The number of halogens is 1. The lowest BCUT2D eigenvalue weighted by molar-refractivity contribution is -0.133. The summed E-state index contributed by atoms with van der Waals surface area (Å²) in [5, 5.41) is 12.2. The van der Waals surface area contributed by atoms with Crippen molar-refractivity contribution in [1.82, 2.24) is 0 Å². The summed E-state index contributed by atoms with van der Waals surface area (Å²) in [4.78, 5) is 12.1. The van der Waals surface area contributed by atoms with Crippen LogP contribution in [0.3, 0.4) is 0 Å². The number of carbonyl (C=O) groups excluding carboxylic acids is 1. The summed E-state index contributed by atoms with van der Waals surface area (Å²) in [5.74, 6) is -0.0586. The van der Waals surface area contributed by atoms with Crippen LogP contribution in [0.15, 0.2) is 22.7 Å². The van der Waals surface area contributed by atoms with E-state index in [2.05, 4.69) is 21.2 Å². The van der Waals surface area contributed by atoms with E-state index in [1.165, 1.54) is 0 Å². The first-order chi connectivity index (χ1) is 8.07. The second-order valence-corrected chi connectivity index (χ2v) is 5.62. The Kier molecular flexibility index (Phi) is 3.54. The molecule has 0 aliphatic heterocycles. The molecule has 0 spiro atoms. The average molecular weight is 298 g/mol. The van der Waals surface area contributed by atoms with E-state index in [0.717, 1.165) is 35.0 Å². The lowest BCUT2D eigenvalue weighted by Gasteiger charge is -2.38. The Labute approximate surface area is 109 Å². The third kappa shape index (κ3) is 2.38. The predicted octanol–water partition coefficient (Wildman–Crippen LogP) is 2.86. The van der Waals surface area contributed by atoms with Crippen molar-refractivity contribution in [3.63, 3.8) is 0 Å². The second kappa shape index (κ2) is 4.78. The maximum Gasteiger partial charge on any atom is 0.232 e. The average Bonchev–Trinajstić information content (AvgIpc) is 2.21. The Morgan fingerprint density at radius 3 is 2.71 bits per heavy atom. The first kappa shape index (κ1) is 12.6. The number of hydrogen-bond donors (Lipinski definition) is 2. The number of aliphatic hydroxyl groups excluding tert-OH is 1. The van der Waals surface area contributed by atoms with Crippen LogP contribution in [0.1, 0.15) is 24.8 Å². The van der Waals surface area contributed by atoms with Gasteiger partial charge in [-0.25, -0.2) is 0 Å². The van der Waals surface area contributed by atoms with Gasteiger partial charge in [-0.2, -0.15) is 0 Å². The molecule has 1 aliphatic rings. The summed E-state index contributed by atoms with van der Waals surface area (Å²) in [7, 11) is 0. The largest absolute Gasteiger partial charge is 0.395 e. The normalized spacial score (nSPS) is 17.4. The van der Waals surface area contributed by atoms with Crippen molar-refractivity contribution in [2.24, 2.45) is 5.41 Å². The highest BCUT2D eigenvalue weighted by Crippen LogP contribution is 2.41. The molecule has 17 heavy (non-hydrogen) atoms. The standard InChI is InChI=1S/C13H16BrNO2/c1-9-7-10(14)3-4-11(9)15-12(17)13(8-16)5-2-6-13/h3-4,7,16H,2,5-6,8H2,1H3,(H,15,17). The second-order valence-electron chi connectivity index (χ2n) is 4.71. The van der Waals surface area contributed by atoms with Crippen molar-refractivity contribution in [2.45, 2.75) is 26.2 Å². The minimum absolute atomic E-state index is 0.0586. The van der Waals surface area contributed by atoms with Gasteiger partial charge >= 0.3 is 0 Å². The van der Waals surface area contributed by atoms with Gasteiger partial charge in [0.25, 0.3) is 0 Å². The first-order valence-corrected chi connectivity index (χ1v) is 6.55. The SMILES string of the molecule is Cc1cc(Br)ccc1NC(=O)C1(CO)CCC1. The van der Waals surface area contributed by atoms with Crippen LogP contribution in [-0.4, -0.2) is 17.6 Å². The van der Waals surface area contributed by atoms with Gasteiger partial charge in [-0.3, -0.25) is 4.79 Å². The Bertz CT molecular complexity index is 436. The maximum absolute atomic E-state index is 12.1. The predicted molar refractivity (Wildman–Crippen MR) is 70.9 cm³/mol. The molecule has 0 atom stereocenters. The maximum atomic E-state index is 12.1. The molecule has 0 heterocycles. The molecule has 0 radical (unpaired) electrons. The summed E-state index contributed by atoms with van der Waals surface area (Å²) in [6.07, 6.45) is 2.59. The molecule has 0 unspecified atom stereocenters. The number of anilines is 1. The van der Waals surface area contributed by atoms with Crippen LogP contribution in [0.4, 0.5) is 5.69 Å². The molecule has 1 aromatic rings. The zero-order valence-electron chi connectivity index (χ0n) is 9.79. The fraction of sp³-hybridized carbons (Fsp3) is 0.462. The molecular formula is C13H16BrNO2. The van der Waals surface area contributed by atoms with Crippen LogP contribution < -0.4 is 5.32 Å². The number of nitrogens with one attached hydrogen (secondary N) is 1. The Morgan fingerprint density at radius 2 is 2.24 bits per heavy atom. The molecule has 2 N–H and O–H groups in total. The third-order valence-corrected chi connectivity index (χ3v) is 4.02. The molecule has 1 fully saturated rings. The number of carbonyl (C=O) groups is 1. The zero-order chi connectivity index (χ0) is 12.5. The van der Waals surface area contributed by atoms with Gasteiger partial charge in [0.2, 0.25) is 5.91 Å². The van der Waals surface area contributed by atoms with Crippen LogP contribution in [0.2, 0.25) is 0 Å². The summed E-state index contributed by atoms with van der Waals surface area (Å²) < 4.78 is 0.994. The van der Waals surface area contributed by atoms with Crippen molar-refractivity contribution in [3.05, 3.63) is 28.2 Å². The fourth-order valence-corrected chi connectivity index (χ4v) is 2.56. The highest BCUT2D eigenvalue weighted by Gasteiger charge is 2.43. The highest BCUT2D eigenvalue weighted by molar-refractivity contribution is 9.10. The Hall–Kier alpha value is -0.870. The lowest BCUT2D eigenvalue weighted by atomic mass is 9.68. The van der Waals surface area contributed by atoms with Crippen LogP contribution in [0.5, 0.6) is 0 Å². The van der Waals surface area contributed by atoms with E-state index < -0.39 is 5.41 Å². The number of amides is 1. The molecule has 1 aliphatic carbocycles. The van der Waals surface area contributed by atoms with Gasteiger partial charge in [0.05, 0.1) is 12.0 Å². The van der Waals surface area contributed by atoms with Crippen LogP contribution in [0, 0.1) is 12.3 Å². The lowest BCUT2D eigenvalue weighted by Crippen LogP contribution is -2.44. The van der Waals surface area contributed by atoms with Gasteiger partial charge in [-0.1, -0.05) is 22.4 Å². The zero-order valence-corrected chi connectivity index (χ0v) is 11.4. The van der Waals surface area contributed by atoms with Gasteiger partial charge in [0.15, 0.2) is 0 Å². The van der Waals surface area contributed by atoms with Gasteiger partial charge in [0.1, 0.15) is 0 Å². The first-order valence-electron chi connectivity index (χ1n) is 5.76. The minimum Gasteiger partial charge on any atom is -0.395 e. The summed E-state index contributed by atoms with van der Waals surface area (Å²) >= 11 is 3.39. The molecule has 1 amide bonds. The van der Waals surface area contributed by atoms with Gasteiger partial charge in [-0.05, 0) is 43.5 Å². The Morgan fingerprint density at radius 1 is 1.53 bits per heavy atom. The minimum atomic E-state index is -0.542. The van der Waals surface area contributed by atoms with Crippen molar-refractivity contribution in [2.75, 3.05) is 11.9 Å². The highest BCUT2D eigenvalue weighted by atomic mass is 79.9. The summed E-state index contributed by atoms with van der Waals surface area (Å²) in [5.41, 5.74) is 1.29. The van der Waals surface area contributed by atoms with E-state index in [1.807, 2.05) is 25.1 Å². The van der Waals surface area contributed by atoms with E-state index in [0.29, 0.717) is 0 Å². The molecule has 92 valence electrons. The number of aliphatic hydroxyl groups is 1. The van der Waals surface area contributed by atoms with E-state index in [9.17, 15) is 9.90 Å². The van der Waals surface area contributed by atoms with E-state index in [4.69, 9.17) is 0 Å². The van der Waals surface area contributed by atoms with Crippen LogP contribution >= 0.6 is 15.9 Å².